The van der Waals surface area contributed by atoms with E-state index in [0.717, 1.165) is 30.8 Å². The fourth-order valence-corrected chi connectivity index (χ4v) is 7.16. The summed E-state index contributed by atoms with van der Waals surface area (Å²) in [7, 11) is 1.86. The Morgan fingerprint density at radius 2 is 1.52 bits per heavy atom. The van der Waals surface area contributed by atoms with E-state index in [1.807, 2.05) is 11.9 Å². The number of rotatable bonds is 8. The van der Waals surface area contributed by atoms with Crippen molar-refractivity contribution >= 4 is 0 Å². The van der Waals surface area contributed by atoms with Gasteiger partial charge in [0.05, 0.1) is 18.8 Å². The Balaban J connectivity index is 1.11. The quantitative estimate of drug-likeness (QED) is 0.562. The average molecular weight is 382 g/mol. The van der Waals surface area contributed by atoms with E-state index in [4.69, 9.17) is 4.74 Å². The number of aliphatic hydroxyl groups is 3. The minimum atomic E-state index is -1.07. The Kier molecular flexibility index (Phi) is 6.15. The van der Waals surface area contributed by atoms with E-state index in [2.05, 4.69) is 0 Å². The molecule has 0 spiro atoms. The number of ether oxygens (including phenoxy) is 1. The Morgan fingerprint density at radius 3 is 2.15 bits per heavy atom. The lowest BCUT2D eigenvalue weighted by Gasteiger charge is -2.57. The summed E-state index contributed by atoms with van der Waals surface area (Å²) >= 11 is 0. The van der Waals surface area contributed by atoms with Crippen LogP contribution in [0.2, 0.25) is 0 Å². The molecule has 0 radical (unpaired) electrons. The van der Waals surface area contributed by atoms with Gasteiger partial charge in [0.15, 0.2) is 0 Å². The molecule has 4 atom stereocenters. The van der Waals surface area contributed by atoms with Crippen LogP contribution in [0.1, 0.15) is 64.2 Å². The lowest BCUT2D eigenvalue weighted by molar-refractivity contribution is -0.143. The zero-order valence-electron chi connectivity index (χ0n) is 16.9. The molecule has 1 saturated heterocycles. The van der Waals surface area contributed by atoms with Crippen molar-refractivity contribution in [3.8, 4) is 0 Å². The van der Waals surface area contributed by atoms with Crippen molar-refractivity contribution in [1.82, 2.24) is 4.90 Å². The lowest BCUT2D eigenvalue weighted by atomic mass is 9.48. The minimum Gasteiger partial charge on any atom is -0.389 e. The molecule has 3 N–H and O–H groups in total. The molecule has 0 amide bonds. The second-order valence-electron chi connectivity index (χ2n) is 10.4. The number of likely N-dealkylation sites (N-methyl/N-ethyl adjacent to an activating group) is 1. The molecule has 5 nitrogen and oxygen atoms in total. The predicted molar refractivity (Wildman–Crippen MR) is 104 cm³/mol. The first-order valence-electron chi connectivity index (χ1n) is 11.3. The van der Waals surface area contributed by atoms with Crippen LogP contribution in [0.5, 0.6) is 0 Å². The van der Waals surface area contributed by atoms with Gasteiger partial charge in [0.25, 0.3) is 0 Å². The van der Waals surface area contributed by atoms with Crippen molar-refractivity contribution in [1.29, 1.82) is 0 Å². The molecule has 4 bridgehead atoms. The largest absolute Gasteiger partial charge is 0.389 e. The van der Waals surface area contributed by atoms with Gasteiger partial charge in [0.2, 0.25) is 0 Å². The van der Waals surface area contributed by atoms with Crippen molar-refractivity contribution in [3.63, 3.8) is 0 Å². The Morgan fingerprint density at radius 1 is 0.889 bits per heavy atom. The van der Waals surface area contributed by atoms with Gasteiger partial charge in [-0.1, -0.05) is 12.8 Å². The number of likely N-dealkylation sites (tertiary alicyclic amines) is 1. The lowest BCUT2D eigenvalue weighted by Crippen LogP contribution is -2.61. The fourth-order valence-electron chi connectivity index (χ4n) is 7.16. The van der Waals surface area contributed by atoms with Crippen LogP contribution in [-0.2, 0) is 4.74 Å². The summed E-state index contributed by atoms with van der Waals surface area (Å²) < 4.78 is 5.80. The molecule has 5 aliphatic rings. The van der Waals surface area contributed by atoms with Crippen molar-refractivity contribution in [2.75, 3.05) is 26.8 Å². The molecule has 0 aromatic carbocycles. The Labute approximate surface area is 164 Å². The van der Waals surface area contributed by atoms with E-state index in [1.54, 1.807) is 0 Å². The van der Waals surface area contributed by atoms with Gasteiger partial charge in [-0.05, 0) is 81.6 Å². The number of unbranched alkanes of at least 4 members (excludes halogenated alkanes) is 2. The van der Waals surface area contributed by atoms with Crippen LogP contribution < -0.4 is 0 Å². The Bertz CT molecular complexity index is 463. The van der Waals surface area contributed by atoms with Crippen molar-refractivity contribution in [2.45, 2.75) is 88.6 Å². The summed E-state index contributed by atoms with van der Waals surface area (Å²) in [5, 5.41) is 29.7. The molecule has 5 fully saturated rings. The summed E-state index contributed by atoms with van der Waals surface area (Å²) in [5.74, 6) is 3.15. The molecular formula is C22H39NO4. The summed E-state index contributed by atoms with van der Waals surface area (Å²) in [6, 6.07) is -0.240. The maximum atomic E-state index is 10.1. The molecule has 5 rings (SSSR count). The van der Waals surface area contributed by atoms with Crippen molar-refractivity contribution in [3.05, 3.63) is 0 Å². The average Bonchev–Trinajstić information content (AvgIpc) is 2.60. The van der Waals surface area contributed by atoms with Gasteiger partial charge < -0.3 is 20.1 Å². The third-order valence-corrected chi connectivity index (χ3v) is 8.13. The summed E-state index contributed by atoms with van der Waals surface area (Å²) in [6.45, 7) is 1.50. The van der Waals surface area contributed by atoms with Crippen LogP contribution in [0.15, 0.2) is 0 Å². The smallest absolute Gasteiger partial charge is 0.109 e. The number of nitrogens with zero attached hydrogens (tertiary/aromatic N) is 1. The summed E-state index contributed by atoms with van der Waals surface area (Å²) in [4.78, 5) is 1.88. The summed E-state index contributed by atoms with van der Waals surface area (Å²) in [6.07, 6.45) is 11.3. The maximum absolute atomic E-state index is 10.1. The zero-order chi connectivity index (χ0) is 19.0. The SMILES string of the molecule is CN1C[C@H](O)[C@@H](O)[C@H](O)[C@H]1COCCCCCC12CC3CC(CC(C3)C1)C2. The molecule has 156 valence electrons. The predicted octanol–water partition coefficient (Wildman–Crippen LogP) is 2.18. The van der Waals surface area contributed by atoms with Crippen LogP contribution in [0, 0.1) is 23.2 Å². The van der Waals surface area contributed by atoms with Gasteiger partial charge in [0, 0.05) is 13.2 Å². The molecular weight excluding hydrogens is 342 g/mol. The monoisotopic (exact) mass is 381 g/mol. The van der Waals surface area contributed by atoms with E-state index < -0.39 is 18.3 Å². The molecule has 0 aromatic heterocycles. The number of hydrogen-bond donors (Lipinski definition) is 3. The second kappa shape index (κ2) is 8.27. The first-order valence-corrected chi connectivity index (χ1v) is 11.3. The van der Waals surface area contributed by atoms with Gasteiger partial charge in [-0.3, -0.25) is 4.90 Å². The van der Waals surface area contributed by atoms with Gasteiger partial charge in [-0.2, -0.15) is 0 Å². The molecule has 4 saturated carbocycles. The second-order valence-corrected chi connectivity index (χ2v) is 10.4. The first-order chi connectivity index (χ1) is 13.0. The first kappa shape index (κ1) is 20.1. The molecule has 4 aliphatic carbocycles. The zero-order valence-corrected chi connectivity index (χ0v) is 16.9. The van der Waals surface area contributed by atoms with Crippen LogP contribution in [0.25, 0.3) is 0 Å². The van der Waals surface area contributed by atoms with Gasteiger partial charge in [-0.15, -0.1) is 0 Å². The molecule has 1 aliphatic heterocycles. The highest BCUT2D eigenvalue weighted by Crippen LogP contribution is 2.61. The van der Waals surface area contributed by atoms with E-state index in [9.17, 15) is 15.3 Å². The number of hydrogen-bond acceptors (Lipinski definition) is 5. The standard InChI is InChI=1S/C22H39NO4/c1-23-13-19(24)21(26)20(25)18(23)14-27-6-4-2-3-5-22-10-15-7-16(11-22)9-17(8-15)12-22/h15-21,24-26H,2-14H2,1H3/t15?,16?,17?,18-,19+,20-,21-,22?/m1/s1. The van der Waals surface area contributed by atoms with E-state index in [1.165, 1.54) is 57.8 Å². The van der Waals surface area contributed by atoms with Crippen LogP contribution >= 0.6 is 0 Å². The molecule has 1 heterocycles. The maximum Gasteiger partial charge on any atom is 0.109 e. The number of piperidine rings is 1. The molecule has 0 unspecified atom stereocenters. The van der Waals surface area contributed by atoms with Crippen molar-refractivity contribution < 1.29 is 20.1 Å². The normalized spacial score (nSPS) is 46.9. The van der Waals surface area contributed by atoms with E-state index >= 15 is 0 Å². The highest BCUT2D eigenvalue weighted by atomic mass is 16.5. The van der Waals surface area contributed by atoms with Gasteiger partial charge >= 0.3 is 0 Å². The van der Waals surface area contributed by atoms with Crippen LogP contribution in [0.3, 0.4) is 0 Å². The Hall–Kier alpha value is -0.200. The molecule has 27 heavy (non-hydrogen) atoms. The minimum absolute atomic E-state index is 0.240. The highest BCUT2D eigenvalue weighted by Gasteiger charge is 2.50. The van der Waals surface area contributed by atoms with E-state index in [-0.39, 0.29) is 6.04 Å². The number of β-amino-alcohol motifs (C(OH)–C–C–N with tert-alkyl or cyclic N) is 1. The molecule has 0 aromatic rings. The van der Waals surface area contributed by atoms with Crippen molar-refractivity contribution in [2.24, 2.45) is 23.2 Å². The highest BCUT2D eigenvalue weighted by molar-refractivity contribution is 5.01. The third kappa shape index (κ3) is 4.37. The number of aliphatic hydroxyl groups excluding tert-OH is 3. The third-order valence-electron chi connectivity index (χ3n) is 8.13. The van der Waals surface area contributed by atoms with Gasteiger partial charge in [0.1, 0.15) is 12.2 Å². The van der Waals surface area contributed by atoms with E-state index in [0.29, 0.717) is 18.6 Å². The van der Waals surface area contributed by atoms with Crippen LogP contribution in [-0.4, -0.2) is 71.4 Å². The topological polar surface area (TPSA) is 73.2 Å². The van der Waals surface area contributed by atoms with Crippen LogP contribution in [0.4, 0.5) is 0 Å². The van der Waals surface area contributed by atoms with Gasteiger partial charge in [-0.25, -0.2) is 0 Å². The summed E-state index contributed by atoms with van der Waals surface area (Å²) in [5.41, 5.74) is 0.696. The fraction of sp³-hybridized carbons (Fsp3) is 1.00. The molecule has 5 heteroatoms.